The lowest BCUT2D eigenvalue weighted by molar-refractivity contribution is 0.417. The molecule has 0 saturated heterocycles. The Morgan fingerprint density at radius 3 is 2.72 bits per heavy atom. The summed E-state index contributed by atoms with van der Waals surface area (Å²) in [4.78, 5) is 0. The van der Waals surface area contributed by atoms with E-state index < -0.39 is 0 Å². The minimum atomic E-state index is -0.379. The largest absolute Gasteiger partial charge is 0.495 e. The average Bonchev–Trinajstić information content (AvgIpc) is 2.36. The minimum absolute atomic E-state index is 0.300. The van der Waals surface area contributed by atoms with Gasteiger partial charge >= 0.3 is 0 Å². The molecule has 0 aliphatic rings. The van der Waals surface area contributed by atoms with Crippen molar-refractivity contribution in [2.45, 2.75) is 0 Å². The van der Waals surface area contributed by atoms with Crippen LogP contribution in [0.2, 0.25) is 5.02 Å². The average molecular weight is 267 g/mol. The van der Waals surface area contributed by atoms with Crippen molar-refractivity contribution in [3.8, 4) is 5.75 Å². The molecule has 0 amide bonds. The molecule has 2 aromatic carbocycles. The van der Waals surface area contributed by atoms with Crippen molar-refractivity contribution in [3.05, 3.63) is 47.2 Å². The van der Waals surface area contributed by atoms with Crippen molar-refractivity contribution in [3.63, 3.8) is 0 Å². The molecule has 2 aromatic rings. The van der Waals surface area contributed by atoms with E-state index >= 15 is 0 Å². The van der Waals surface area contributed by atoms with Gasteiger partial charge in [0.05, 0.1) is 18.5 Å². The summed E-state index contributed by atoms with van der Waals surface area (Å²) in [6.07, 6.45) is 0. The Hall–Kier alpha value is -1.94. The Morgan fingerprint density at radius 2 is 2.00 bits per heavy atom. The maximum absolute atomic E-state index is 13.5. The summed E-state index contributed by atoms with van der Waals surface area (Å²) in [6, 6.07) is 9.42. The number of methoxy groups -OCH3 is 1. The van der Waals surface area contributed by atoms with E-state index in [1.54, 1.807) is 18.2 Å². The minimum Gasteiger partial charge on any atom is -0.495 e. The highest BCUT2D eigenvalue weighted by molar-refractivity contribution is 6.30. The van der Waals surface area contributed by atoms with Crippen molar-refractivity contribution in [2.75, 3.05) is 18.2 Å². The first kappa shape index (κ1) is 12.5. The van der Waals surface area contributed by atoms with Crippen LogP contribution in [0.1, 0.15) is 0 Å². The van der Waals surface area contributed by atoms with Crippen LogP contribution in [0.5, 0.6) is 5.75 Å². The topological polar surface area (TPSA) is 47.3 Å². The Balaban J connectivity index is 2.31. The van der Waals surface area contributed by atoms with Crippen LogP contribution in [0.4, 0.5) is 21.5 Å². The maximum atomic E-state index is 13.5. The first-order valence-corrected chi connectivity index (χ1v) is 5.63. The van der Waals surface area contributed by atoms with Crippen LogP contribution < -0.4 is 15.8 Å². The van der Waals surface area contributed by atoms with Gasteiger partial charge in [0.1, 0.15) is 11.6 Å². The van der Waals surface area contributed by atoms with Crippen LogP contribution in [0.15, 0.2) is 36.4 Å². The zero-order chi connectivity index (χ0) is 13.1. The van der Waals surface area contributed by atoms with E-state index in [4.69, 9.17) is 22.1 Å². The second-order valence-corrected chi connectivity index (χ2v) is 4.14. The predicted molar refractivity (Wildman–Crippen MR) is 72.1 cm³/mol. The van der Waals surface area contributed by atoms with E-state index in [0.717, 1.165) is 0 Å². The Morgan fingerprint density at radius 1 is 1.22 bits per heavy atom. The first-order chi connectivity index (χ1) is 8.60. The van der Waals surface area contributed by atoms with Gasteiger partial charge in [-0.05, 0) is 30.3 Å². The third-order valence-corrected chi connectivity index (χ3v) is 2.68. The number of hydrogen-bond donors (Lipinski definition) is 2. The number of hydrogen-bond acceptors (Lipinski definition) is 3. The molecule has 0 unspecified atom stereocenters. The van der Waals surface area contributed by atoms with E-state index in [-0.39, 0.29) is 5.82 Å². The Labute approximate surface area is 109 Å². The highest BCUT2D eigenvalue weighted by atomic mass is 35.5. The molecule has 18 heavy (non-hydrogen) atoms. The molecule has 0 aliphatic heterocycles. The van der Waals surface area contributed by atoms with Gasteiger partial charge in [-0.25, -0.2) is 4.39 Å². The van der Waals surface area contributed by atoms with E-state index in [1.165, 1.54) is 25.3 Å². The highest BCUT2D eigenvalue weighted by Gasteiger charge is 2.05. The number of nitrogens with two attached hydrogens (primary N) is 1. The number of anilines is 3. The van der Waals surface area contributed by atoms with Gasteiger partial charge in [-0.15, -0.1) is 0 Å². The van der Waals surface area contributed by atoms with Crippen molar-refractivity contribution >= 4 is 28.7 Å². The monoisotopic (exact) mass is 266 g/mol. The van der Waals surface area contributed by atoms with Gasteiger partial charge in [0.2, 0.25) is 0 Å². The molecule has 3 nitrogen and oxygen atoms in total. The molecule has 0 aromatic heterocycles. The van der Waals surface area contributed by atoms with Gasteiger partial charge < -0.3 is 15.8 Å². The summed E-state index contributed by atoms with van der Waals surface area (Å²) < 4.78 is 18.6. The van der Waals surface area contributed by atoms with E-state index in [2.05, 4.69) is 5.32 Å². The van der Waals surface area contributed by atoms with E-state index in [1.807, 2.05) is 0 Å². The van der Waals surface area contributed by atoms with Crippen LogP contribution in [0.25, 0.3) is 0 Å². The van der Waals surface area contributed by atoms with Gasteiger partial charge in [0.15, 0.2) is 0 Å². The molecule has 0 aliphatic carbocycles. The van der Waals surface area contributed by atoms with E-state index in [9.17, 15) is 4.39 Å². The summed E-state index contributed by atoms with van der Waals surface area (Å²) >= 11 is 5.82. The van der Waals surface area contributed by atoms with Gasteiger partial charge in [0, 0.05) is 16.8 Å². The van der Waals surface area contributed by atoms with Crippen LogP contribution in [0.3, 0.4) is 0 Å². The second kappa shape index (κ2) is 5.14. The van der Waals surface area contributed by atoms with Gasteiger partial charge in [0.25, 0.3) is 0 Å². The summed E-state index contributed by atoms with van der Waals surface area (Å²) in [5.74, 6) is 0.151. The molecule has 0 spiro atoms. The molecule has 0 radical (unpaired) electrons. The second-order valence-electron chi connectivity index (χ2n) is 3.71. The van der Waals surface area contributed by atoms with Crippen molar-refractivity contribution in [2.24, 2.45) is 0 Å². The standard InChI is InChI=1S/C13H12ClFN2O/c1-18-13-7-9(3-5-11(13)16)17-12-6-8(14)2-4-10(12)15/h2-7,17H,16H2,1H3. The number of ether oxygens (including phenoxy) is 1. The molecule has 94 valence electrons. The van der Waals surface area contributed by atoms with Gasteiger partial charge in [-0.1, -0.05) is 11.6 Å². The van der Waals surface area contributed by atoms with Gasteiger partial charge in [-0.2, -0.15) is 0 Å². The SMILES string of the molecule is COc1cc(Nc2cc(Cl)ccc2F)ccc1N. The summed E-state index contributed by atoms with van der Waals surface area (Å²) in [7, 11) is 1.52. The van der Waals surface area contributed by atoms with Crippen LogP contribution in [-0.4, -0.2) is 7.11 Å². The smallest absolute Gasteiger partial charge is 0.146 e. The third-order valence-electron chi connectivity index (χ3n) is 2.44. The van der Waals surface area contributed by atoms with Crippen molar-refractivity contribution < 1.29 is 9.13 Å². The Bertz CT molecular complexity index is 575. The summed E-state index contributed by atoms with van der Waals surface area (Å²) in [5, 5.41) is 3.38. The molecule has 5 heteroatoms. The number of benzene rings is 2. The lowest BCUT2D eigenvalue weighted by Crippen LogP contribution is -1.97. The fraction of sp³-hybridized carbons (Fsp3) is 0.0769. The summed E-state index contributed by atoms with van der Waals surface area (Å²) in [6.45, 7) is 0. The number of rotatable bonds is 3. The fourth-order valence-corrected chi connectivity index (χ4v) is 1.71. The molecular weight excluding hydrogens is 255 g/mol. The molecule has 2 rings (SSSR count). The molecule has 3 N–H and O–H groups in total. The van der Waals surface area contributed by atoms with Crippen LogP contribution in [-0.2, 0) is 0 Å². The molecule has 0 heterocycles. The number of halogens is 2. The lowest BCUT2D eigenvalue weighted by atomic mass is 10.2. The zero-order valence-corrected chi connectivity index (χ0v) is 10.5. The van der Waals surface area contributed by atoms with Crippen LogP contribution >= 0.6 is 11.6 Å². The number of nitrogen functional groups attached to an aromatic ring is 1. The highest BCUT2D eigenvalue weighted by Crippen LogP contribution is 2.29. The quantitative estimate of drug-likeness (QED) is 0.831. The normalized spacial score (nSPS) is 10.2. The molecule has 0 atom stereocenters. The van der Waals surface area contributed by atoms with Crippen molar-refractivity contribution in [1.29, 1.82) is 0 Å². The zero-order valence-electron chi connectivity index (χ0n) is 9.71. The van der Waals surface area contributed by atoms with Gasteiger partial charge in [-0.3, -0.25) is 0 Å². The molecular formula is C13H12ClFN2O. The fourth-order valence-electron chi connectivity index (χ4n) is 1.54. The van der Waals surface area contributed by atoms with Crippen LogP contribution in [0, 0.1) is 5.82 Å². The summed E-state index contributed by atoms with van der Waals surface area (Å²) in [5.41, 5.74) is 7.19. The molecule has 0 saturated carbocycles. The third kappa shape index (κ3) is 2.65. The Kier molecular flexibility index (Phi) is 3.58. The predicted octanol–water partition coefficient (Wildman–Crippen LogP) is 3.81. The lowest BCUT2D eigenvalue weighted by Gasteiger charge is -2.10. The first-order valence-electron chi connectivity index (χ1n) is 5.26. The molecule has 0 fully saturated rings. The van der Waals surface area contributed by atoms with Crippen molar-refractivity contribution in [1.82, 2.24) is 0 Å². The number of nitrogens with one attached hydrogen (secondary N) is 1. The molecule has 0 bridgehead atoms. The maximum Gasteiger partial charge on any atom is 0.146 e. The van der Waals surface area contributed by atoms with E-state index in [0.29, 0.717) is 27.8 Å².